The SMILES string of the molecule is CNCCC(=O)NC1CCSc2c(F)cccc21. The van der Waals surface area contributed by atoms with E-state index in [0.29, 0.717) is 17.9 Å². The number of carbonyl (C=O) groups excluding carboxylic acids is 1. The Balaban J connectivity index is 2.08. The van der Waals surface area contributed by atoms with Crippen molar-refractivity contribution in [2.75, 3.05) is 19.3 Å². The van der Waals surface area contributed by atoms with Gasteiger partial charge in [0.1, 0.15) is 5.82 Å². The van der Waals surface area contributed by atoms with Crippen LogP contribution in [-0.2, 0) is 4.79 Å². The molecule has 0 aromatic heterocycles. The van der Waals surface area contributed by atoms with E-state index in [1.807, 2.05) is 13.1 Å². The third-order valence-corrected chi connectivity index (χ3v) is 4.12. The van der Waals surface area contributed by atoms with Crippen molar-refractivity contribution in [3.8, 4) is 0 Å². The molecule has 0 aliphatic carbocycles. The maximum Gasteiger partial charge on any atom is 0.221 e. The van der Waals surface area contributed by atoms with Crippen molar-refractivity contribution in [3.05, 3.63) is 29.6 Å². The second-order valence-electron chi connectivity index (χ2n) is 4.27. The number of halogens is 1. The van der Waals surface area contributed by atoms with Crippen LogP contribution >= 0.6 is 11.8 Å². The van der Waals surface area contributed by atoms with Crippen LogP contribution in [0.2, 0.25) is 0 Å². The minimum Gasteiger partial charge on any atom is -0.349 e. The van der Waals surface area contributed by atoms with E-state index in [0.717, 1.165) is 17.7 Å². The molecular weight excluding hydrogens is 251 g/mol. The molecule has 1 atom stereocenters. The van der Waals surface area contributed by atoms with Crippen LogP contribution in [-0.4, -0.2) is 25.3 Å². The summed E-state index contributed by atoms with van der Waals surface area (Å²) >= 11 is 1.53. The van der Waals surface area contributed by atoms with Crippen LogP contribution in [0.25, 0.3) is 0 Å². The molecule has 18 heavy (non-hydrogen) atoms. The Kier molecular flexibility index (Phi) is 4.60. The Labute approximate surface area is 111 Å². The summed E-state index contributed by atoms with van der Waals surface area (Å²) in [6.45, 7) is 0.656. The summed E-state index contributed by atoms with van der Waals surface area (Å²) < 4.78 is 13.6. The van der Waals surface area contributed by atoms with Gasteiger partial charge in [0.05, 0.1) is 6.04 Å². The fraction of sp³-hybridized carbons (Fsp3) is 0.462. The van der Waals surface area contributed by atoms with Gasteiger partial charge in [-0.1, -0.05) is 12.1 Å². The Morgan fingerprint density at radius 2 is 2.39 bits per heavy atom. The lowest BCUT2D eigenvalue weighted by molar-refractivity contribution is -0.121. The summed E-state index contributed by atoms with van der Waals surface area (Å²) in [6, 6.07) is 5.01. The van der Waals surface area contributed by atoms with Gasteiger partial charge in [-0.25, -0.2) is 4.39 Å². The molecule has 1 aliphatic rings. The smallest absolute Gasteiger partial charge is 0.221 e. The molecule has 2 N–H and O–H groups in total. The second kappa shape index (κ2) is 6.20. The molecule has 1 amide bonds. The topological polar surface area (TPSA) is 41.1 Å². The first-order valence-electron chi connectivity index (χ1n) is 6.07. The zero-order valence-corrected chi connectivity index (χ0v) is 11.1. The number of fused-ring (bicyclic) bond motifs is 1. The molecule has 2 rings (SSSR count). The van der Waals surface area contributed by atoms with E-state index in [1.165, 1.54) is 17.8 Å². The second-order valence-corrected chi connectivity index (χ2v) is 5.37. The van der Waals surface area contributed by atoms with E-state index >= 15 is 0 Å². The molecule has 1 aromatic carbocycles. The van der Waals surface area contributed by atoms with Gasteiger partial charge in [0, 0.05) is 23.6 Å². The number of hydrogen-bond donors (Lipinski definition) is 2. The zero-order chi connectivity index (χ0) is 13.0. The Morgan fingerprint density at radius 3 is 3.17 bits per heavy atom. The average Bonchev–Trinajstić information content (AvgIpc) is 2.38. The fourth-order valence-electron chi connectivity index (χ4n) is 2.04. The van der Waals surface area contributed by atoms with Crippen molar-refractivity contribution in [1.29, 1.82) is 0 Å². The van der Waals surface area contributed by atoms with Crippen molar-refractivity contribution in [2.45, 2.75) is 23.8 Å². The van der Waals surface area contributed by atoms with Gasteiger partial charge in [-0.15, -0.1) is 11.8 Å². The van der Waals surface area contributed by atoms with E-state index in [-0.39, 0.29) is 17.8 Å². The minimum atomic E-state index is -0.188. The van der Waals surface area contributed by atoms with Crippen LogP contribution in [0.1, 0.15) is 24.4 Å². The van der Waals surface area contributed by atoms with E-state index in [2.05, 4.69) is 10.6 Å². The van der Waals surface area contributed by atoms with Gasteiger partial charge in [0.2, 0.25) is 5.91 Å². The minimum absolute atomic E-state index is 0.0106. The summed E-state index contributed by atoms with van der Waals surface area (Å²) in [6.07, 6.45) is 1.30. The predicted molar refractivity (Wildman–Crippen MR) is 71.2 cm³/mol. The number of thioether (sulfide) groups is 1. The molecule has 0 spiro atoms. The van der Waals surface area contributed by atoms with Gasteiger partial charge in [0.15, 0.2) is 0 Å². The van der Waals surface area contributed by atoms with Crippen molar-refractivity contribution < 1.29 is 9.18 Å². The molecule has 1 heterocycles. The molecule has 0 saturated heterocycles. The number of amides is 1. The van der Waals surface area contributed by atoms with Crippen molar-refractivity contribution in [2.24, 2.45) is 0 Å². The molecule has 1 aliphatic heterocycles. The first-order valence-corrected chi connectivity index (χ1v) is 7.06. The highest BCUT2D eigenvalue weighted by Gasteiger charge is 2.24. The summed E-state index contributed by atoms with van der Waals surface area (Å²) in [5.74, 6) is 0.661. The maximum absolute atomic E-state index is 13.6. The highest BCUT2D eigenvalue weighted by atomic mass is 32.2. The third kappa shape index (κ3) is 3.03. The van der Waals surface area contributed by atoms with E-state index in [1.54, 1.807) is 6.07 Å². The van der Waals surface area contributed by atoms with E-state index in [9.17, 15) is 9.18 Å². The molecule has 0 fully saturated rings. The van der Waals surface area contributed by atoms with E-state index in [4.69, 9.17) is 0 Å². The lowest BCUT2D eigenvalue weighted by atomic mass is 10.0. The molecule has 1 aromatic rings. The highest BCUT2D eigenvalue weighted by molar-refractivity contribution is 7.99. The standard InChI is InChI=1S/C13H17FN2OS/c1-15-7-5-12(17)16-11-6-8-18-13-9(11)3-2-4-10(13)14/h2-4,11,15H,5-8H2,1H3,(H,16,17). The van der Waals surface area contributed by atoms with Crippen molar-refractivity contribution in [1.82, 2.24) is 10.6 Å². The van der Waals surface area contributed by atoms with Crippen LogP contribution < -0.4 is 10.6 Å². The van der Waals surface area contributed by atoms with Crippen LogP contribution in [0.3, 0.4) is 0 Å². The van der Waals surface area contributed by atoms with E-state index < -0.39 is 0 Å². The number of benzene rings is 1. The zero-order valence-electron chi connectivity index (χ0n) is 10.3. The summed E-state index contributed by atoms with van der Waals surface area (Å²) in [5, 5.41) is 5.92. The summed E-state index contributed by atoms with van der Waals surface area (Å²) in [7, 11) is 1.81. The number of rotatable bonds is 4. The molecule has 3 nitrogen and oxygen atoms in total. The summed E-state index contributed by atoms with van der Waals surface area (Å²) in [5.41, 5.74) is 0.907. The van der Waals surface area contributed by atoms with Crippen molar-refractivity contribution in [3.63, 3.8) is 0 Å². The number of nitrogens with one attached hydrogen (secondary N) is 2. The lowest BCUT2D eigenvalue weighted by Gasteiger charge is -2.26. The highest BCUT2D eigenvalue weighted by Crippen LogP contribution is 2.37. The Hall–Kier alpha value is -1.07. The molecule has 0 saturated carbocycles. The largest absolute Gasteiger partial charge is 0.349 e. The molecule has 1 unspecified atom stereocenters. The van der Waals surface area contributed by atoms with Gasteiger partial charge < -0.3 is 10.6 Å². The lowest BCUT2D eigenvalue weighted by Crippen LogP contribution is -2.32. The number of carbonyl (C=O) groups is 1. The normalized spacial score (nSPS) is 18.2. The monoisotopic (exact) mass is 268 g/mol. The van der Waals surface area contributed by atoms with Gasteiger partial charge in [0.25, 0.3) is 0 Å². The van der Waals surface area contributed by atoms with Gasteiger partial charge in [-0.2, -0.15) is 0 Å². The molecule has 98 valence electrons. The van der Waals surface area contributed by atoms with Gasteiger partial charge in [-0.3, -0.25) is 4.79 Å². The maximum atomic E-state index is 13.6. The number of hydrogen-bond acceptors (Lipinski definition) is 3. The molecule has 0 bridgehead atoms. The van der Waals surface area contributed by atoms with Gasteiger partial charge in [-0.05, 0) is 25.1 Å². The quantitative estimate of drug-likeness (QED) is 0.878. The Morgan fingerprint density at radius 1 is 1.56 bits per heavy atom. The predicted octanol–water partition coefficient (Wildman–Crippen LogP) is 2.09. The molecule has 5 heteroatoms. The molecular formula is C13H17FN2OS. The average molecular weight is 268 g/mol. The van der Waals surface area contributed by atoms with Crippen molar-refractivity contribution >= 4 is 17.7 Å². The third-order valence-electron chi connectivity index (χ3n) is 2.96. The van der Waals surface area contributed by atoms with Crippen LogP contribution in [0.5, 0.6) is 0 Å². The first-order chi connectivity index (χ1) is 8.72. The van der Waals surface area contributed by atoms with Crippen LogP contribution in [0, 0.1) is 5.82 Å². The molecule has 0 radical (unpaired) electrons. The first kappa shape index (κ1) is 13.4. The van der Waals surface area contributed by atoms with Crippen LogP contribution in [0.4, 0.5) is 4.39 Å². The van der Waals surface area contributed by atoms with Crippen LogP contribution in [0.15, 0.2) is 23.1 Å². The summed E-state index contributed by atoms with van der Waals surface area (Å²) in [4.78, 5) is 12.4. The van der Waals surface area contributed by atoms with Gasteiger partial charge >= 0.3 is 0 Å². The Bertz CT molecular complexity index is 439. The fourth-order valence-corrected chi connectivity index (χ4v) is 3.18.